The largest absolute Gasteiger partial charge is 0.316 e. The summed E-state index contributed by atoms with van der Waals surface area (Å²) in [5.41, 5.74) is 0.613. The smallest absolute Gasteiger partial charge is 0.00103 e. The molecule has 1 N–H and O–H groups in total. The molecule has 0 unspecified atom stereocenters. The number of rotatable bonds is 9. The van der Waals surface area contributed by atoms with Gasteiger partial charge in [0.1, 0.15) is 0 Å². The summed E-state index contributed by atoms with van der Waals surface area (Å²) < 4.78 is 0. The van der Waals surface area contributed by atoms with Crippen LogP contribution in [0, 0.1) is 17.3 Å². The molecule has 0 atom stereocenters. The fourth-order valence-corrected chi connectivity index (χ4v) is 4.29. The molecule has 0 amide bonds. The van der Waals surface area contributed by atoms with Gasteiger partial charge in [0.2, 0.25) is 0 Å². The zero-order valence-corrected chi connectivity index (χ0v) is 13.9. The molecule has 1 fully saturated rings. The van der Waals surface area contributed by atoms with E-state index in [9.17, 15) is 0 Å². The van der Waals surface area contributed by atoms with E-state index in [1.54, 1.807) is 0 Å². The minimum absolute atomic E-state index is 0.613. The average molecular weight is 268 g/mol. The van der Waals surface area contributed by atoms with Crippen LogP contribution in [0.2, 0.25) is 0 Å². The number of nitrogens with one attached hydrogen (secondary N) is 1. The van der Waals surface area contributed by atoms with Gasteiger partial charge >= 0.3 is 0 Å². The Bertz CT molecular complexity index is 212. The summed E-state index contributed by atoms with van der Waals surface area (Å²) >= 11 is 0. The lowest BCUT2D eigenvalue weighted by molar-refractivity contribution is 0.0634. The van der Waals surface area contributed by atoms with E-state index in [4.69, 9.17) is 0 Å². The Morgan fingerprint density at radius 1 is 1.05 bits per heavy atom. The second-order valence-electron chi connectivity index (χ2n) is 6.74. The van der Waals surface area contributed by atoms with Crippen LogP contribution in [0.1, 0.15) is 85.5 Å². The molecule has 114 valence electrons. The third-order valence-electron chi connectivity index (χ3n) is 5.65. The molecule has 0 aromatic rings. The van der Waals surface area contributed by atoms with E-state index >= 15 is 0 Å². The summed E-state index contributed by atoms with van der Waals surface area (Å²) in [6.45, 7) is 11.7. The van der Waals surface area contributed by atoms with Crippen LogP contribution >= 0.6 is 0 Å². The van der Waals surface area contributed by atoms with Crippen LogP contribution in [-0.4, -0.2) is 13.1 Å². The number of unbranched alkanes of at least 4 members (excludes halogenated alkanes) is 1. The lowest BCUT2D eigenvalue weighted by Crippen LogP contribution is -2.43. The van der Waals surface area contributed by atoms with Gasteiger partial charge in [0, 0.05) is 6.54 Å². The molecule has 1 rings (SSSR count). The molecule has 1 aliphatic carbocycles. The van der Waals surface area contributed by atoms with Crippen molar-refractivity contribution in [3.63, 3.8) is 0 Å². The molecular formula is C18H37N. The van der Waals surface area contributed by atoms with Crippen molar-refractivity contribution in [1.29, 1.82) is 0 Å². The van der Waals surface area contributed by atoms with Gasteiger partial charge in [0.25, 0.3) is 0 Å². The summed E-state index contributed by atoms with van der Waals surface area (Å²) in [7, 11) is 0. The molecular weight excluding hydrogens is 230 g/mol. The topological polar surface area (TPSA) is 12.0 Å². The first-order chi connectivity index (χ1) is 9.22. The quantitative estimate of drug-likeness (QED) is 0.590. The molecule has 0 aromatic heterocycles. The molecule has 19 heavy (non-hydrogen) atoms. The Morgan fingerprint density at radius 3 is 2.16 bits per heavy atom. The summed E-state index contributed by atoms with van der Waals surface area (Å²) in [4.78, 5) is 0. The summed E-state index contributed by atoms with van der Waals surface area (Å²) in [5, 5.41) is 3.67. The lowest BCUT2D eigenvalue weighted by Gasteiger charge is -2.46. The highest BCUT2D eigenvalue weighted by Crippen LogP contribution is 2.47. The van der Waals surface area contributed by atoms with Crippen molar-refractivity contribution in [3.05, 3.63) is 0 Å². The molecule has 0 radical (unpaired) electrons. The van der Waals surface area contributed by atoms with E-state index in [-0.39, 0.29) is 0 Å². The van der Waals surface area contributed by atoms with Crippen LogP contribution < -0.4 is 5.32 Å². The van der Waals surface area contributed by atoms with Gasteiger partial charge in [0.15, 0.2) is 0 Å². The Balaban J connectivity index is 2.57. The predicted molar refractivity (Wildman–Crippen MR) is 86.5 cm³/mol. The minimum atomic E-state index is 0.613. The van der Waals surface area contributed by atoms with E-state index in [1.165, 1.54) is 64.3 Å². The highest BCUT2D eigenvalue weighted by atomic mass is 14.9. The Labute approximate surface area is 121 Å². The maximum atomic E-state index is 3.67. The molecule has 1 heteroatoms. The zero-order chi connectivity index (χ0) is 14.1. The van der Waals surface area contributed by atoms with Gasteiger partial charge in [-0.15, -0.1) is 0 Å². The molecule has 0 saturated heterocycles. The molecule has 0 bridgehead atoms. The molecule has 0 aromatic carbocycles. The highest BCUT2D eigenvalue weighted by Gasteiger charge is 2.39. The fraction of sp³-hybridized carbons (Fsp3) is 1.00. The SMILES string of the molecule is CCCCC1CCC(CNCC)(C(CC)CC)CC1. The van der Waals surface area contributed by atoms with Gasteiger partial charge in [0.05, 0.1) is 0 Å². The van der Waals surface area contributed by atoms with Crippen LogP contribution in [0.5, 0.6) is 0 Å². The van der Waals surface area contributed by atoms with Gasteiger partial charge in [-0.1, -0.05) is 59.8 Å². The summed E-state index contributed by atoms with van der Waals surface area (Å²) in [6, 6.07) is 0. The van der Waals surface area contributed by atoms with Crippen molar-refractivity contribution < 1.29 is 0 Å². The highest BCUT2D eigenvalue weighted by molar-refractivity contribution is 4.91. The summed E-state index contributed by atoms with van der Waals surface area (Å²) in [6.07, 6.45) is 12.9. The Morgan fingerprint density at radius 2 is 1.68 bits per heavy atom. The first-order valence-corrected chi connectivity index (χ1v) is 8.93. The van der Waals surface area contributed by atoms with Crippen molar-refractivity contribution in [3.8, 4) is 0 Å². The average Bonchev–Trinajstić information content (AvgIpc) is 2.46. The third kappa shape index (κ3) is 4.77. The maximum absolute atomic E-state index is 3.67. The van der Waals surface area contributed by atoms with Crippen LogP contribution in [0.3, 0.4) is 0 Å². The van der Waals surface area contributed by atoms with Crippen LogP contribution in [0.4, 0.5) is 0 Å². The molecule has 1 aliphatic rings. The normalized spacial score (nSPS) is 27.9. The monoisotopic (exact) mass is 267 g/mol. The molecule has 0 aliphatic heterocycles. The first-order valence-electron chi connectivity index (χ1n) is 8.93. The molecule has 0 heterocycles. The van der Waals surface area contributed by atoms with Gasteiger partial charge < -0.3 is 5.32 Å². The molecule has 1 saturated carbocycles. The summed E-state index contributed by atoms with van der Waals surface area (Å²) in [5.74, 6) is 1.96. The standard InChI is InChI=1S/C18H37N/c1-5-9-10-16-11-13-18(14-12-16,15-19-8-4)17(6-2)7-3/h16-17,19H,5-15H2,1-4H3. The maximum Gasteiger partial charge on any atom is 0.00103 e. The van der Waals surface area contributed by atoms with Crippen molar-refractivity contribution in [2.75, 3.05) is 13.1 Å². The third-order valence-corrected chi connectivity index (χ3v) is 5.65. The second-order valence-corrected chi connectivity index (χ2v) is 6.74. The number of hydrogen-bond acceptors (Lipinski definition) is 1. The Hall–Kier alpha value is -0.0400. The van der Waals surface area contributed by atoms with Crippen molar-refractivity contribution >= 4 is 0 Å². The van der Waals surface area contributed by atoms with Gasteiger partial charge in [-0.05, 0) is 49.5 Å². The van der Waals surface area contributed by atoms with E-state index in [0.717, 1.165) is 18.4 Å². The van der Waals surface area contributed by atoms with Gasteiger partial charge in [-0.3, -0.25) is 0 Å². The van der Waals surface area contributed by atoms with Gasteiger partial charge in [-0.2, -0.15) is 0 Å². The predicted octanol–water partition coefficient (Wildman–Crippen LogP) is 5.40. The first kappa shape index (κ1) is 17.0. The van der Waals surface area contributed by atoms with E-state index in [0.29, 0.717) is 5.41 Å². The van der Waals surface area contributed by atoms with E-state index in [2.05, 4.69) is 33.0 Å². The minimum Gasteiger partial charge on any atom is -0.316 e. The zero-order valence-electron chi connectivity index (χ0n) is 13.9. The lowest BCUT2D eigenvalue weighted by atomic mass is 9.61. The Kier molecular flexibility index (Phi) is 8.06. The van der Waals surface area contributed by atoms with Gasteiger partial charge in [-0.25, -0.2) is 0 Å². The van der Waals surface area contributed by atoms with Crippen LogP contribution in [0.25, 0.3) is 0 Å². The molecule has 1 nitrogen and oxygen atoms in total. The van der Waals surface area contributed by atoms with Crippen LogP contribution in [-0.2, 0) is 0 Å². The van der Waals surface area contributed by atoms with Crippen LogP contribution in [0.15, 0.2) is 0 Å². The van der Waals surface area contributed by atoms with E-state index < -0.39 is 0 Å². The van der Waals surface area contributed by atoms with Crippen molar-refractivity contribution in [2.45, 2.75) is 85.5 Å². The molecule has 0 spiro atoms. The number of hydrogen-bond donors (Lipinski definition) is 1. The second kappa shape index (κ2) is 9.00. The fourth-order valence-electron chi connectivity index (χ4n) is 4.29. The van der Waals surface area contributed by atoms with Crippen molar-refractivity contribution in [1.82, 2.24) is 5.32 Å². The van der Waals surface area contributed by atoms with Crippen molar-refractivity contribution in [2.24, 2.45) is 17.3 Å². The van der Waals surface area contributed by atoms with E-state index in [1.807, 2.05) is 0 Å².